The van der Waals surface area contributed by atoms with E-state index in [4.69, 9.17) is 0 Å². The number of anilines is 1. The average Bonchev–Trinajstić information content (AvgIpc) is 2.74. The standard InChI is InChI=1S/C25H26N2O3/c1-17-9-14-22(18(2)15-17)27-24(29)23(28)26-16-25(3,30)21-12-10-20(11-13-21)19-7-5-4-6-8-19/h4-15,30H,16H2,1-3H3,(H,26,28)(H,27,29). The van der Waals surface area contributed by atoms with Crippen LogP contribution in [0.1, 0.15) is 23.6 Å². The first kappa shape index (κ1) is 21.3. The number of amides is 2. The Balaban J connectivity index is 1.61. The monoisotopic (exact) mass is 402 g/mol. The van der Waals surface area contributed by atoms with Crippen LogP contribution in [0.15, 0.2) is 72.8 Å². The summed E-state index contributed by atoms with van der Waals surface area (Å²) in [7, 11) is 0. The lowest BCUT2D eigenvalue weighted by molar-refractivity contribution is -0.136. The second kappa shape index (κ2) is 8.93. The predicted molar refractivity (Wildman–Crippen MR) is 119 cm³/mol. The zero-order chi connectivity index (χ0) is 21.7. The van der Waals surface area contributed by atoms with Gasteiger partial charge in [-0.1, -0.05) is 72.3 Å². The van der Waals surface area contributed by atoms with E-state index in [0.29, 0.717) is 11.3 Å². The third kappa shape index (κ3) is 5.13. The van der Waals surface area contributed by atoms with Crippen LogP contribution in [0.3, 0.4) is 0 Å². The fraction of sp³-hybridized carbons (Fsp3) is 0.200. The second-order valence-electron chi connectivity index (χ2n) is 7.67. The van der Waals surface area contributed by atoms with E-state index in [1.807, 2.05) is 80.6 Å². The van der Waals surface area contributed by atoms with Crippen LogP contribution in [-0.4, -0.2) is 23.5 Å². The molecule has 0 radical (unpaired) electrons. The fourth-order valence-corrected chi connectivity index (χ4v) is 3.22. The quantitative estimate of drug-likeness (QED) is 0.566. The first-order valence-corrected chi connectivity index (χ1v) is 9.81. The summed E-state index contributed by atoms with van der Waals surface area (Å²) in [5, 5.41) is 15.9. The van der Waals surface area contributed by atoms with E-state index in [1.165, 1.54) is 0 Å². The number of rotatable bonds is 5. The maximum atomic E-state index is 12.2. The van der Waals surface area contributed by atoms with Gasteiger partial charge in [0.15, 0.2) is 0 Å². The molecule has 0 saturated carbocycles. The minimum atomic E-state index is -1.31. The molecule has 0 aliphatic heterocycles. The van der Waals surface area contributed by atoms with E-state index in [-0.39, 0.29) is 6.54 Å². The molecule has 154 valence electrons. The number of hydrogen-bond acceptors (Lipinski definition) is 3. The molecule has 3 aromatic rings. The Kier molecular flexibility index (Phi) is 6.33. The Labute approximate surface area is 176 Å². The van der Waals surface area contributed by atoms with Crippen LogP contribution >= 0.6 is 0 Å². The number of carbonyl (C=O) groups excluding carboxylic acids is 2. The van der Waals surface area contributed by atoms with Gasteiger partial charge in [0.1, 0.15) is 5.60 Å². The molecule has 0 heterocycles. The van der Waals surface area contributed by atoms with Gasteiger partial charge in [0.05, 0.1) is 6.54 Å². The van der Waals surface area contributed by atoms with Crippen molar-refractivity contribution >= 4 is 17.5 Å². The third-order valence-electron chi connectivity index (χ3n) is 5.04. The highest BCUT2D eigenvalue weighted by Crippen LogP contribution is 2.25. The molecule has 30 heavy (non-hydrogen) atoms. The summed E-state index contributed by atoms with van der Waals surface area (Å²) in [6.07, 6.45) is 0. The summed E-state index contributed by atoms with van der Waals surface area (Å²) < 4.78 is 0. The smallest absolute Gasteiger partial charge is 0.313 e. The summed E-state index contributed by atoms with van der Waals surface area (Å²) in [5.41, 5.74) is 3.99. The Morgan fingerprint density at radius 2 is 1.50 bits per heavy atom. The van der Waals surface area contributed by atoms with E-state index in [1.54, 1.807) is 13.0 Å². The van der Waals surface area contributed by atoms with Crippen LogP contribution in [0.2, 0.25) is 0 Å². The van der Waals surface area contributed by atoms with E-state index < -0.39 is 17.4 Å². The van der Waals surface area contributed by atoms with Crippen LogP contribution in [0.4, 0.5) is 5.69 Å². The molecule has 3 rings (SSSR count). The topological polar surface area (TPSA) is 78.4 Å². The van der Waals surface area contributed by atoms with Crippen molar-refractivity contribution in [1.82, 2.24) is 5.32 Å². The van der Waals surface area contributed by atoms with Crippen molar-refractivity contribution in [3.8, 4) is 11.1 Å². The molecule has 0 fully saturated rings. The van der Waals surface area contributed by atoms with Crippen LogP contribution in [0.25, 0.3) is 11.1 Å². The molecule has 0 spiro atoms. The van der Waals surface area contributed by atoms with E-state index in [0.717, 1.165) is 22.3 Å². The highest BCUT2D eigenvalue weighted by Gasteiger charge is 2.25. The van der Waals surface area contributed by atoms with Crippen molar-refractivity contribution in [2.45, 2.75) is 26.4 Å². The summed E-state index contributed by atoms with van der Waals surface area (Å²) in [4.78, 5) is 24.4. The molecule has 1 unspecified atom stereocenters. The number of hydrogen-bond donors (Lipinski definition) is 3. The molecular weight excluding hydrogens is 376 g/mol. The zero-order valence-electron chi connectivity index (χ0n) is 17.4. The first-order valence-electron chi connectivity index (χ1n) is 9.81. The van der Waals surface area contributed by atoms with Gasteiger partial charge in [0.25, 0.3) is 0 Å². The summed E-state index contributed by atoms with van der Waals surface area (Å²) in [6.45, 7) is 5.34. The molecule has 0 aliphatic rings. The van der Waals surface area contributed by atoms with Crippen molar-refractivity contribution in [2.24, 2.45) is 0 Å². The van der Waals surface area contributed by atoms with Crippen LogP contribution in [-0.2, 0) is 15.2 Å². The molecular formula is C25H26N2O3. The van der Waals surface area contributed by atoms with Gasteiger partial charge >= 0.3 is 11.8 Å². The van der Waals surface area contributed by atoms with E-state index in [9.17, 15) is 14.7 Å². The van der Waals surface area contributed by atoms with Crippen LogP contribution < -0.4 is 10.6 Å². The third-order valence-corrected chi connectivity index (χ3v) is 5.04. The fourth-order valence-electron chi connectivity index (χ4n) is 3.22. The number of aryl methyl sites for hydroxylation is 2. The molecule has 1 atom stereocenters. The first-order chi connectivity index (χ1) is 14.3. The lowest BCUT2D eigenvalue weighted by Gasteiger charge is -2.24. The molecule has 3 N–H and O–H groups in total. The SMILES string of the molecule is Cc1ccc(NC(=O)C(=O)NCC(C)(O)c2ccc(-c3ccccc3)cc2)c(C)c1. The zero-order valence-corrected chi connectivity index (χ0v) is 17.4. The maximum absolute atomic E-state index is 12.2. The van der Waals surface area contributed by atoms with Crippen molar-refractivity contribution in [3.05, 3.63) is 89.5 Å². The van der Waals surface area contributed by atoms with Gasteiger partial charge in [0, 0.05) is 5.69 Å². The Bertz CT molecular complexity index is 1040. The normalized spacial score (nSPS) is 12.7. The number of aliphatic hydroxyl groups is 1. The van der Waals surface area contributed by atoms with Gasteiger partial charge in [-0.05, 0) is 49.1 Å². The lowest BCUT2D eigenvalue weighted by Crippen LogP contribution is -2.43. The highest BCUT2D eigenvalue weighted by molar-refractivity contribution is 6.39. The van der Waals surface area contributed by atoms with Crippen molar-refractivity contribution in [3.63, 3.8) is 0 Å². The molecule has 0 bridgehead atoms. The Morgan fingerprint density at radius 1 is 0.867 bits per heavy atom. The summed E-state index contributed by atoms with van der Waals surface area (Å²) >= 11 is 0. The molecule has 2 amide bonds. The van der Waals surface area contributed by atoms with Gasteiger partial charge in [-0.15, -0.1) is 0 Å². The van der Waals surface area contributed by atoms with Gasteiger partial charge < -0.3 is 15.7 Å². The van der Waals surface area contributed by atoms with Crippen molar-refractivity contribution in [2.75, 3.05) is 11.9 Å². The van der Waals surface area contributed by atoms with Crippen molar-refractivity contribution < 1.29 is 14.7 Å². The molecule has 0 aromatic heterocycles. The number of carbonyl (C=O) groups is 2. The highest BCUT2D eigenvalue weighted by atomic mass is 16.3. The van der Waals surface area contributed by atoms with Crippen LogP contribution in [0.5, 0.6) is 0 Å². The molecule has 5 heteroatoms. The predicted octanol–water partition coefficient (Wildman–Crippen LogP) is 3.93. The number of benzene rings is 3. The van der Waals surface area contributed by atoms with E-state index in [2.05, 4.69) is 10.6 Å². The summed E-state index contributed by atoms with van der Waals surface area (Å²) in [5.74, 6) is -1.56. The van der Waals surface area contributed by atoms with Gasteiger partial charge in [0.2, 0.25) is 0 Å². The minimum absolute atomic E-state index is 0.0865. The molecule has 3 aromatic carbocycles. The largest absolute Gasteiger partial charge is 0.384 e. The Hall–Kier alpha value is -3.44. The van der Waals surface area contributed by atoms with Crippen LogP contribution in [0, 0.1) is 13.8 Å². The lowest BCUT2D eigenvalue weighted by atomic mass is 9.93. The van der Waals surface area contributed by atoms with Gasteiger partial charge in [-0.3, -0.25) is 9.59 Å². The van der Waals surface area contributed by atoms with Gasteiger partial charge in [-0.2, -0.15) is 0 Å². The molecule has 5 nitrogen and oxygen atoms in total. The maximum Gasteiger partial charge on any atom is 0.313 e. The average molecular weight is 402 g/mol. The molecule has 0 aliphatic carbocycles. The summed E-state index contributed by atoms with van der Waals surface area (Å²) in [6, 6.07) is 23.0. The minimum Gasteiger partial charge on any atom is -0.384 e. The van der Waals surface area contributed by atoms with E-state index >= 15 is 0 Å². The number of nitrogens with one attached hydrogen (secondary N) is 2. The Morgan fingerprint density at radius 3 is 2.13 bits per heavy atom. The van der Waals surface area contributed by atoms with Crippen molar-refractivity contribution in [1.29, 1.82) is 0 Å². The second-order valence-corrected chi connectivity index (χ2v) is 7.67. The molecule has 0 saturated heterocycles. The van der Waals surface area contributed by atoms with Gasteiger partial charge in [-0.25, -0.2) is 0 Å².